The number of nitrogens with zero attached hydrogens (tertiary/aromatic N) is 3. The summed E-state index contributed by atoms with van der Waals surface area (Å²) >= 11 is 0. The van der Waals surface area contributed by atoms with Crippen molar-refractivity contribution in [2.45, 2.75) is 58.7 Å². The number of aromatic nitrogens is 3. The highest BCUT2D eigenvalue weighted by Crippen LogP contribution is 2.73. The van der Waals surface area contributed by atoms with Crippen LogP contribution in [0.3, 0.4) is 0 Å². The van der Waals surface area contributed by atoms with E-state index in [0.29, 0.717) is 5.82 Å². The number of primary sulfonamides is 1. The van der Waals surface area contributed by atoms with Gasteiger partial charge in [0.05, 0.1) is 0 Å². The average molecular weight is 286 g/mol. The van der Waals surface area contributed by atoms with Crippen LogP contribution in [-0.2, 0) is 10.0 Å². The third kappa shape index (κ3) is 1.90. The van der Waals surface area contributed by atoms with Gasteiger partial charge in [-0.15, -0.1) is 10.2 Å². The number of nitrogens with two attached hydrogens (primary N) is 1. The topological polar surface area (TPSA) is 90.9 Å². The molecular weight excluding hydrogens is 264 g/mol. The van der Waals surface area contributed by atoms with E-state index in [0.717, 1.165) is 0 Å². The number of hydrogen-bond acceptors (Lipinski definition) is 4. The molecule has 1 heterocycles. The van der Waals surface area contributed by atoms with Crippen LogP contribution in [0.1, 0.15) is 59.3 Å². The Labute approximate surface area is 114 Å². The van der Waals surface area contributed by atoms with E-state index >= 15 is 0 Å². The molecule has 0 amide bonds. The maximum Gasteiger partial charge on any atom is 0.273 e. The second-order valence-corrected chi connectivity index (χ2v) is 8.18. The predicted molar refractivity (Wildman–Crippen MR) is 72.1 cm³/mol. The van der Waals surface area contributed by atoms with E-state index in [1.807, 2.05) is 13.8 Å². The number of hydrogen-bond donors (Lipinski definition) is 1. The molecule has 1 aromatic rings. The van der Waals surface area contributed by atoms with Crippen molar-refractivity contribution in [3.05, 3.63) is 5.82 Å². The van der Waals surface area contributed by atoms with Crippen molar-refractivity contribution in [2.24, 2.45) is 16.0 Å². The largest absolute Gasteiger partial charge is 0.298 e. The molecular formula is C12H22N4O2S. The highest BCUT2D eigenvalue weighted by Gasteiger charge is 2.67. The second kappa shape index (κ2) is 3.79. The lowest BCUT2D eigenvalue weighted by atomic mass is 10.0. The lowest BCUT2D eigenvalue weighted by Crippen LogP contribution is -2.20. The van der Waals surface area contributed by atoms with Crippen LogP contribution in [0.4, 0.5) is 0 Å². The molecule has 0 saturated heterocycles. The van der Waals surface area contributed by atoms with E-state index in [1.54, 1.807) is 4.57 Å². The lowest BCUT2D eigenvalue weighted by Gasteiger charge is -2.13. The summed E-state index contributed by atoms with van der Waals surface area (Å²) in [5.74, 6) is 0.902. The van der Waals surface area contributed by atoms with Gasteiger partial charge in [0, 0.05) is 12.0 Å². The van der Waals surface area contributed by atoms with E-state index < -0.39 is 10.0 Å². The highest BCUT2D eigenvalue weighted by atomic mass is 32.2. The van der Waals surface area contributed by atoms with Gasteiger partial charge in [-0.25, -0.2) is 13.6 Å². The molecule has 0 aromatic carbocycles. The van der Waals surface area contributed by atoms with Gasteiger partial charge >= 0.3 is 0 Å². The zero-order valence-corrected chi connectivity index (χ0v) is 13.1. The zero-order valence-electron chi connectivity index (χ0n) is 12.3. The monoisotopic (exact) mass is 286 g/mol. The van der Waals surface area contributed by atoms with Crippen molar-refractivity contribution >= 4 is 10.0 Å². The van der Waals surface area contributed by atoms with Crippen LogP contribution in [0.5, 0.6) is 0 Å². The molecule has 7 heteroatoms. The quantitative estimate of drug-likeness (QED) is 0.914. The van der Waals surface area contributed by atoms with Gasteiger partial charge in [-0.3, -0.25) is 4.57 Å². The Morgan fingerprint density at radius 2 is 1.63 bits per heavy atom. The molecule has 2 rings (SSSR count). The van der Waals surface area contributed by atoms with E-state index in [4.69, 9.17) is 5.14 Å². The van der Waals surface area contributed by atoms with Crippen LogP contribution in [0.2, 0.25) is 0 Å². The normalized spacial score (nSPS) is 21.9. The fourth-order valence-electron chi connectivity index (χ4n) is 3.01. The van der Waals surface area contributed by atoms with E-state index in [2.05, 4.69) is 37.9 Å². The summed E-state index contributed by atoms with van der Waals surface area (Å²) in [6.07, 6.45) is 0. The highest BCUT2D eigenvalue weighted by molar-refractivity contribution is 7.89. The predicted octanol–water partition coefficient (Wildman–Crippen LogP) is 1.66. The van der Waals surface area contributed by atoms with Crippen LogP contribution >= 0.6 is 0 Å². The van der Waals surface area contributed by atoms with Crippen LogP contribution < -0.4 is 5.14 Å². The third-order valence-corrected chi connectivity index (χ3v) is 5.53. The minimum Gasteiger partial charge on any atom is -0.298 e. The molecule has 0 radical (unpaired) electrons. The molecule has 6 nitrogen and oxygen atoms in total. The lowest BCUT2D eigenvalue weighted by molar-refractivity contribution is 0.457. The Kier molecular flexibility index (Phi) is 2.88. The Morgan fingerprint density at radius 1 is 1.16 bits per heavy atom. The van der Waals surface area contributed by atoms with Gasteiger partial charge in [0.15, 0.2) is 0 Å². The van der Waals surface area contributed by atoms with Crippen molar-refractivity contribution in [3.63, 3.8) is 0 Å². The standard InChI is InChI=1S/C12H22N4O2S/c1-7(2)16-9(8-11(3,4)12(8,5)6)14-15-10(16)19(13,17)18/h7-8H,1-6H3,(H2,13,17,18). The Morgan fingerprint density at radius 3 is 1.95 bits per heavy atom. The fraction of sp³-hybridized carbons (Fsp3) is 0.833. The van der Waals surface area contributed by atoms with E-state index in [9.17, 15) is 8.42 Å². The minimum absolute atomic E-state index is 0.0504. The SMILES string of the molecule is CC(C)n1c(C2C(C)(C)C2(C)C)nnc1S(N)(=O)=O. The van der Waals surface area contributed by atoms with Crippen LogP contribution in [0.25, 0.3) is 0 Å². The first kappa shape index (κ1) is 14.5. The summed E-state index contributed by atoms with van der Waals surface area (Å²) in [5, 5.41) is 13.0. The van der Waals surface area contributed by atoms with Crippen molar-refractivity contribution in [1.29, 1.82) is 0 Å². The van der Waals surface area contributed by atoms with Crippen molar-refractivity contribution in [2.75, 3.05) is 0 Å². The molecule has 19 heavy (non-hydrogen) atoms. The first-order valence-corrected chi connectivity index (χ1v) is 7.94. The van der Waals surface area contributed by atoms with E-state index in [-0.39, 0.29) is 27.9 Å². The third-order valence-electron chi connectivity index (χ3n) is 4.74. The maximum atomic E-state index is 11.6. The van der Waals surface area contributed by atoms with Gasteiger partial charge in [0.25, 0.3) is 15.2 Å². The molecule has 0 bridgehead atoms. The molecule has 0 atom stereocenters. The molecule has 1 aliphatic rings. The van der Waals surface area contributed by atoms with Gasteiger partial charge in [-0.2, -0.15) is 0 Å². The molecule has 1 aromatic heterocycles. The first-order valence-electron chi connectivity index (χ1n) is 6.40. The van der Waals surface area contributed by atoms with Gasteiger partial charge in [0.1, 0.15) is 5.82 Å². The number of rotatable bonds is 3. The first-order chi connectivity index (χ1) is 8.42. The molecule has 1 aliphatic carbocycles. The molecule has 0 spiro atoms. The van der Waals surface area contributed by atoms with Gasteiger partial charge in [-0.05, 0) is 24.7 Å². The van der Waals surface area contributed by atoms with Gasteiger partial charge in [0.2, 0.25) is 0 Å². The molecule has 1 saturated carbocycles. The fourth-order valence-corrected chi connectivity index (χ4v) is 3.74. The summed E-state index contributed by atoms with van der Waals surface area (Å²) in [7, 11) is -3.85. The molecule has 108 valence electrons. The Hall–Kier alpha value is -0.950. The van der Waals surface area contributed by atoms with Crippen molar-refractivity contribution < 1.29 is 8.42 Å². The maximum absolute atomic E-state index is 11.6. The van der Waals surface area contributed by atoms with Crippen LogP contribution in [-0.4, -0.2) is 23.2 Å². The summed E-state index contributed by atoms with van der Waals surface area (Å²) in [6.45, 7) is 12.5. The minimum atomic E-state index is -3.85. The average Bonchev–Trinajstić information content (AvgIpc) is 2.58. The van der Waals surface area contributed by atoms with Crippen LogP contribution in [0, 0.1) is 10.8 Å². The van der Waals surface area contributed by atoms with Gasteiger partial charge < -0.3 is 0 Å². The number of sulfonamides is 1. The summed E-state index contributed by atoms with van der Waals surface area (Å²) in [6, 6.07) is -0.0504. The summed E-state index contributed by atoms with van der Waals surface area (Å²) < 4.78 is 24.8. The van der Waals surface area contributed by atoms with Crippen LogP contribution in [0.15, 0.2) is 5.16 Å². The molecule has 0 aliphatic heterocycles. The Balaban J connectivity index is 2.60. The summed E-state index contributed by atoms with van der Waals surface area (Å²) in [4.78, 5) is 0. The smallest absolute Gasteiger partial charge is 0.273 e. The van der Waals surface area contributed by atoms with E-state index in [1.165, 1.54) is 0 Å². The summed E-state index contributed by atoms with van der Waals surface area (Å²) in [5.41, 5.74) is 0.143. The van der Waals surface area contributed by atoms with Gasteiger partial charge in [-0.1, -0.05) is 27.7 Å². The molecule has 2 N–H and O–H groups in total. The molecule has 1 fully saturated rings. The zero-order chi connectivity index (χ0) is 14.8. The van der Waals surface area contributed by atoms with Crippen molar-refractivity contribution in [1.82, 2.24) is 14.8 Å². The molecule has 0 unspecified atom stereocenters. The Bertz CT molecular complexity index is 600. The van der Waals surface area contributed by atoms with Crippen molar-refractivity contribution in [3.8, 4) is 0 Å². The second-order valence-electron chi connectivity index (χ2n) is 6.73.